The Balaban J connectivity index is 1.89. The number of methoxy groups -OCH3 is 1. The van der Waals surface area contributed by atoms with Crippen molar-refractivity contribution in [3.8, 4) is 17.2 Å². The first-order valence-corrected chi connectivity index (χ1v) is 8.82. The van der Waals surface area contributed by atoms with Crippen LogP contribution in [0, 0.1) is 0 Å². The summed E-state index contributed by atoms with van der Waals surface area (Å²) in [5.74, 6) is 1.58. The lowest BCUT2D eigenvalue weighted by Crippen LogP contribution is -2.05. The van der Waals surface area contributed by atoms with Gasteiger partial charge in [-0.2, -0.15) is 0 Å². The van der Waals surface area contributed by atoms with E-state index in [0.29, 0.717) is 36.0 Å². The summed E-state index contributed by atoms with van der Waals surface area (Å²) in [6.45, 7) is 6.40. The third-order valence-electron chi connectivity index (χ3n) is 3.86. The normalized spacial score (nSPS) is 14.4. The Morgan fingerprint density at radius 1 is 1.14 bits per heavy atom. The van der Waals surface area contributed by atoms with Gasteiger partial charge in [0.15, 0.2) is 17.2 Å². The first kappa shape index (κ1) is 19.2. The molecule has 2 aromatic carbocycles. The van der Waals surface area contributed by atoms with Crippen LogP contribution >= 0.6 is 0 Å². The van der Waals surface area contributed by atoms with E-state index in [-0.39, 0.29) is 11.6 Å². The molecule has 28 heavy (non-hydrogen) atoms. The number of hydrogen-bond donors (Lipinski definition) is 0. The van der Waals surface area contributed by atoms with E-state index < -0.39 is 5.97 Å². The molecule has 0 amide bonds. The molecule has 0 atom stereocenters. The smallest absolute Gasteiger partial charge is 0.363 e. The molecule has 144 valence electrons. The monoisotopic (exact) mass is 379 g/mol. The molecule has 0 saturated carbocycles. The van der Waals surface area contributed by atoms with E-state index in [1.807, 2.05) is 25.1 Å². The van der Waals surface area contributed by atoms with Gasteiger partial charge in [-0.25, -0.2) is 9.79 Å². The minimum Gasteiger partial charge on any atom is -0.497 e. The standard InChI is InChI=1S/C22H21NO5/c1-4-11-27-19-10-9-15(13-20(19)26-5-2)12-18-22(24)28-21(23-18)16-7-6-8-17(14-16)25-3/h4,6-10,12-14H,1,5,11H2,2-3H3/b18-12+. The van der Waals surface area contributed by atoms with Gasteiger partial charge in [0, 0.05) is 5.56 Å². The zero-order valence-electron chi connectivity index (χ0n) is 15.8. The molecular formula is C22H21NO5. The number of esters is 1. The SMILES string of the molecule is C=CCOc1ccc(/C=C2/N=C(c3cccc(OC)c3)OC2=O)cc1OCC. The van der Waals surface area contributed by atoms with Crippen LogP contribution < -0.4 is 14.2 Å². The Labute approximate surface area is 163 Å². The zero-order chi connectivity index (χ0) is 19.9. The predicted molar refractivity (Wildman–Crippen MR) is 107 cm³/mol. The lowest BCUT2D eigenvalue weighted by atomic mass is 10.1. The molecule has 1 aliphatic heterocycles. The Morgan fingerprint density at radius 3 is 2.75 bits per heavy atom. The Kier molecular flexibility index (Phi) is 6.11. The molecule has 0 aliphatic carbocycles. The van der Waals surface area contributed by atoms with Gasteiger partial charge in [-0.3, -0.25) is 0 Å². The van der Waals surface area contributed by atoms with E-state index in [9.17, 15) is 4.79 Å². The average Bonchev–Trinajstić information content (AvgIpc) is 3.08. The fraction of sp³-hybridized carbons (Fsp3) is 0.182. The summed E-state index contributed by atoms with van der Waals surface area (Å²) in [4.78, 5) is 16.6. The summed E-state index contributed by atoms with van der Waals surface area (Å²) in [7, 11) is 1.57. The van der Waals surface area contributed by atoms with Crippen LogP contribution in [-0.4, -0.2) is 32.2 Å². The third-order valence-corrected chi connectivity index (χ3v) is 3.86. The van der Waals surface area contributed by atoms with Gasteiger partial charge in [0.2, 0.25) is 5.90 Å². The highest BCUT2D eigenvalue weighted by molar-refractivity contribution is 6.13. The van der Waals surface area contributed by atoms with Crippen molar-refractivity contribution in [1.29, 1.82) is 0 Å². The second-order valence-corrected chi connectivity index (χ2v) is 5.81. The molecule has 0 spiro atoms. The van der Waals surface area contributed by atoms with Gasteiger partial charge in [-0.05, 0) is 48.9 Å². The van der Waals surface area contributed by atoms with Gasteiger partial charge in [-0.15, -0.1) is 0 Å². The maximum Gasteiger partial charge on any atom is 0.363 e. The van der Waals surface area contributed by atoms with Crippen LogP contribution in [0.25, 0.3) is 6.08 Å². The molecule has 2 aromatic rings. The lowest BCUT2D eigenvalue weighted by molar-refractivity contribution is -0.129. The summed E-state index contributed by atoms with van der Waals surface area (Å²) < 4.78 is 21.7. The maximum atomic E-state index is 12.2. The molecule has 3 rings (SSSR count). The topological polar surface area (TPSA) is 66.3 Å². The van der Waals surface area contributed by atoms with Crippen molar-refractivity contribution in [1.82, 2.24) is 0 Å². The van der Waals surface area contributed by atoms with Crippen LogP contribution in [0.4, 0.5) is 0 Å². The van der Waals surface area contributed by atoms with Gasteiger partial charge < -0.3 is 18.9 Å². The van der Waals surface area contributed by atoms with Gasteiger partial charge in [-0.1, -0.05) is 24.8 Å². The molecule has 6 heteroatoms. The average molecular weight is 379 g/mol. The number of carbonyl (C=O) groups is 1. The predicted octanol–water partition coefficient (Wildman–Crippen LogP) is 4.00. The highest BCUT2D eigenvalue weighted by Crippen LogP contribution is 2.30. The van der Waals surface area contributed by atoms with E-state index in [0.717, 1.165) is 5.56 Å². The van der Waals surface area contributed by atoms with Crippen molar-refractivity contribution in [3.63, 3.8) is 0 Å². The molecule has 0 fully saturated rings. The van der Waals surface area contributed by atoms with Crippen LogP contribution in [-0.2, 0) is 9.53 Å². The van der Waals surface area contributed by atoms with E-state index in [4.69, 9.17) is 18.9 Å². The summed E-state index contributed by atoms with van der Waals surface area (Å²) in [6.07, 6.45) is 3.31. The van der Waals surface area contributed by atoms with Crippen molar-refractivity contribution in [3.05, 3.63) is 71.9 Å². The number of hydrogen-bond acceptors (Lipinski definition) is 6. The fourth-order valence-corrected chi connectivity index (χ4v) is 2.60. The van der Waals surface area contributed by atoms with Gasteiger partial charge in [0.25, 0.3) is 0 Å². The van der Waals surface area contributed by atoms with Crippen molar-refractivity contribution >= 4 is 17.9 Å². The molecule has 0 radical (unpaired) electrons. The number of aliphatic imine (C=N–C) groups is 1. The first-order chi connectivity index (χ1) is 13.6. The van der Waals surface area contributed by atoms with Gasteiger partial charge in [0.1, 0.15) is 12.4 Å². The number of ether oxygens (including phenoxy) is 4. The highest BCUT2D eigenvalue weighted by Gasteiger charge is 2.24. The molecule has 0 unspecified atom stereocenters. The molecule has 0 saturated heterocycles. The number of rotatable bonds is 8. The second kappa shape index (κ2) is 8.90. The number of benzene rings is 2. The fourth-order valence-electron chi connectivity index (χ4n) is 2.60. The summed E-state index contributed by atoms with van der Waals surface area (Å²) >= 11 is 0. The summed E-state index contributed by atoms with van der Waals surface area (Å²) in [5, 5.41) is 0. The summed E-state index contributed by atoms with van der Waals surface area (Å²) in [5.41, 5.74) is 1.62. The molecule has 1 aliphatic rings. The van der Waals surface area contributed by atoms with Crippen molar-refractivity contribution < 1.29 is 23.7 Å². The van der Waals surface area contributed by atoms with E-state index in [1.165, 1.54) is 0 Å². The molecule has 0 bridgehead atoms. The third kappa shape index (κ3) is 4.40. The summed E-state index contributed by atoms with van der Waals surface area (Å²) in [6, 6.07) is 12.6. The van der Waals surface area contributed by atoms with Crippen molar-refractivity contribution in [2.75, 3.05) is 20.3 Å². The minimum absolute atomic E-state index is 0.208. The van der Waals surface area contributed by atoms with Crippen LogP contribution in [0.3, 0.4) is 0 Å². The minimum atomic E-state index is -0.511. The van der Waals surface area contributed by atoms with Crippen LogP contribution in [0.15, 0.2) is 65.8 Å². The van der Waals surface area contributed by atoms with E-state index in [1.54, 1.807) is 43.5 Å². The van der Waals surface area contributed by atoms with Crippen LogP contribution in [0.2, 0.25) is 0 Å². The van der Waals surface area contributed by atoms with Gasteiger partial charge >= 0.3 is 5.97 Å². The highest BCUT2D eigenvalue weighted by atomic mass is 16.6. The lowest BCUT2D eigenvalue weighted by Gasteiger charge is -2.11. The largest absolute Gasteiger partial charge is 0.497 e. The molecular weight excluding hydrogens is 358 g/mol. The van der Waals surface area contributed by atoms with E-state index in [2.05, 4.69) is 11.6 Å². The first-order valence-electron chi connectivity index (χ1n) is 8.82. The van der Waals surface area contributed by atoms with Gasteiger partial charge in [0.05, 0.1) is 13.7 Å². The van der Waals surface area contributed by atoms with Crippen LogP contribution in [0.1, 0.15) is 18.1 Å². The Bertz CT molecular complexity index is 946. The Hall–Kier alpha value is -3.54. The molecule has 0 N–H and O–H groups in total. The molecule has 0 aromatic heterocycles. The number of carbonyl (C=O) groups excluding carboxylic acids is 1. The zero-order valence-corrected chi connectivity index (χ0v) is 15.8. The Morgan fingerprint density at radius 2 is 2.00 bits per heavy atom. The molecule has 1 heterocycles. The van der Waals surface area contributed by atoms with E-state index >= 15 is 0 Å². The van der Waals surface area contributed by atoms with Crippen molar-refractivity contribution in [2.45, 2.75) is 6.92 Å². The maximum absolute atomic E-state index is 12.2. The molecule has 6 nitrogen and oxygen atoms in total. The quantitative estimate of drug-likeness (QED) is 0.394. The second-order valence-electron chi connectivity index (χ2n) is 5.81. The van der Waals surface area contributed by atoms with Crippen LogP contribution in [0.5, 0.6) is 17.2 Å². The number of nitrogens with zero attached hydrogens (tertiary/aromatic N) is 1. The number of cyclic esters (lactones) is 1. The van der Waals surface area contributed by atoms with Crippen molar-refractivity contribution in [2.24, 2.45) is 4.99 Å².